The van der Waals surface area contributed by atoms with Gasteiger partial charge >= 0.3 is 0 Å². The van der Waals surface area contributed by atoms with Crippen LogP contribution in [-0.2, 0) is 4.74 Å². The Bertz CT molecular complexity index is 249. The van der Waals surface area contributed by atoms with Crippen molar-refractivity contribution in [1.82, 2.24) is 0 Å². The highest BCUT2D eigenvalue weighted by atomic mass is 35.5. The summed E-state index contributed by atoms with van der Waals surface area (Å²) in [5, 5.41) is 0. The topological polar surface area (TPSA) is 9.23 Å². The highest BCUT2D eigenvalue weighted by molar-refractivity contribution is 6.18. The van der Waals surface area contributed by atoms with E-state index in [9.17, 15) is 0 Å². The molecule has 0 spiro atoms. The Balaban J connectivity index is 2.02. The van der Waals surface area contributed by atoms with Gasteiger partial charge in [0.15, 0.2) is 0 Å². The van der Waals surface area contributed by atoms with Crippen LogP contribution in [0.4, 0.5) is 0 Å². The van der Waals surface area contributed by atoms with E-state index in [4.69, 9.17) is 16.3 Å². The molecule has 0 aromatic rings. The summed E-state index contributed by atoms with van der Waals surface area (Å²) < 4.78 is 5.88. The van der Waals surface area contributed by atoms with Gasteiger partial charge in [-0.15, -0.1) is 11.6 Å². The number of ether oxygens (including phenoxy) is 1. The summed E-state index contributed by atoms with van der Waals surface area (Å²) in [6.07, 6.45) is 6.47. The van der Waals surface area contributed by atoms with Crippen molar-refractivity contribution in [3.05, 3.63) is 11.6 Å². The van der Waals surface area contributed by atoms with E-state index >= 15 is 0 Å². The Hall–Kier alpha value is -0.0100. The summed E-state index contributed by atoms with van der Waals surface area (Å²) in [5.74, 6) is 2.77. The van der Waals surface area contributed by atoms with Crippen LogP contribution < -0.4 is 0 Å². The molecule has 0 saturated carbocycles. The second-order valence-corrected chi connectivity index (χ2v) is 5.54. The molecule has 0 N–H and O–H groups in total. The van der Waals surface area contributed by atoms with Crippen LogP contribution in [0.15, 0.2) is 11.6 Å². The van der Waals surface area contributed by atoms with Crippen molar-refractivity contribution in [2.24, 2.45) is 17.8 Å². The number of allylic oxidation sites excluding steroid dienone is 2. The normalized spacial score (nSPS) is 41.7. The molecule has 0 bridgehead atoms. The Morgan fingerprint density at radius 1 is 1.53 bits per heavy atom. The Kier molecular flexibility index (Phi) is 3.73. The molecule has 2 aliphatic rings. The second kappa shape index (κ2) is 4.88. The third kappa shape index (κ3) is 2.57. The molecular weight excluding hydrogens is 208 g/mol. The van der Waals surface area contributed by atoms with Crippen LogP contribution in [0.3, 0.4) is 0 Å². The highest BCUT2D eigenvalue weighted by Gasteiger charge is 2.35. The molecule has 2 heteroatoms. The minimum absolute atomic E-state index is 0.425. The number of hydrogen-bond acceptors (Lipinski definition) is 1. The second-order valence-electron chi connectivity index (χ2n) is 5.23. The SMILES string of the molecule is CC1=CC(C)CC(C2OCCC2CCl)C1. The van der Waals surface area contributed by atoms with Gasteiger partial charge in [0.05, 0.1) is 6.10 Å². The fourth-order valence-corrected chi connectivity index (χ4v) is 3.52. The molecule has 0 aromatic heterocycles. The molecule has 4 atom stereocenters. The molecule has 2 rings (SSSR count). The summed E-state index contributed by atoms with van der Waals surface area (Å²) in [4.78, 5) is 0. The lowest BCUT2D eigenvalue weighted by Gasteiger charge is -2.32. The molecule has 15 heavy (non-hydrogen) atoms. The number of halogens is 1. The quantitative estimate of drug-likeness (QED) is 0.518. The van der Waals surface area contributed by atoms with Gasteiger partial charge < -0.3 is 4.74 Å². The molecule has 1 saturated heterocycles. The molecule has 0 radical (unpaired) electrons. The summed E-state index contributed by atoms with van der Waals surface area (Å²) in [5.41, 5.74) is 1.53. The Morgan fingerprint density at radius 3 is 3.00 bits per heavy atom. The highest BCUT2D eigenvalue weighted by Crippen LogP contribution is 2.37. The van der Waals surface area contributed by atoms with E-state index in [2.05, 4.69) is 19.9 Å². The predicted octanol–water partition coefficient (Wildman–Crippen LogP) is 3.62. The zero-order valence-corrected chi connectivity index (χ0v) is 10.5. The summed E-state index contributed by atoms with van der Waals surface area (Å²) in [6, 6.07) is 0. The smallest absolute Gasteiger partial charge is 0.0646 e. The van der Waals surface area contributed by atoms with E-state index in [1.165, 1.54) is 18.4 Å². The molecule has 1 fully saturated rings. The van der Waals surface area contributed by atoms with Gasteiger partial charge in [0.25, 0.3) is 0 Å². The molecule has 1 heterocycles. The fraction of sp³-hybridized carbons (Fsp3) is 0.846. The maximum absolute atomic E-state index is 6.00. The lowest BCUT2D eigenvalue weighted by Crippen LogP contribution is -2.30. The molecular formula is C13H21ClO. The average molecular weight is 229 g/mol. The van der Waals surface area contributed by atoms with Crippen LogP contribution in [0, 0.1) is 17.8 Å². The maximum Gasteiger partial charge on any atom is 0.0646 e. The van der Waals surface area contributed by atoms with E-state index < -0.39 is 0 Å². The van der Waals surface area contributed by atoms with Crippen LogP contribution in [-0.4, -0.2) is 18.6 Å². The molecule has 4 unspecified atom stereocenters. The summed E-state index contributed by atoms with van der Waals surface area (Å²) in [6.45, 7) is 5.46. The first kappa shape index (κ1) is 11.5. The maximum atomic E-state index is 6.00. The minimum Gasteiger partial charge on any atom is -0.378 e. The Labute approximate surface area is 97.8 Å². The predicted molar refractivity (Wildman–Crippen MR) is 64.2 cm³/mol. The molecule has 1 aliphatic carbocycles. The number of rotatable bonds is 2. The van der Waals surface area contributed by atoms with Gasteiger partial charge in [-0.2, -0.15) is 0 Å². The van der Waals surface area contributed by atoms with Gasteiger partial charge in [0.2, 0.25) is 0 Å². The first-order valence-corrected chi connectivity index (χ1v) is 6.59. The van der Waals surface area contributed by atoms with Crippen molar-refractivity contribution in [2.75, 3.05) is 12.5 Å². The van der Waals surface area contributed by atoms with Crippen molar-refractivity contribution in [3.8, 4) is 0 Å². The van der Waals surface area contributed by atoms with Crippen molar-refractivity contribution >= 4 is 11.6 Å². The van der Waals surface area contributed by atoms with Crippen LogP contribution in [0.25, 0.3) is 0 Å². The van der Waals surface area contributed by atoms with Gasteiger partial charge in [-0.1, -0.05) is 18.6 Å². The minimum atomic E-state index is 0.425. The van der Waals surface area contributed by atoms with Crippen LogP contribution >= 0.6 is 11.6 Å². The van der Waals surface area contributed by atoms with Gasteiger partial charge in [-0.05, 0) is 38.0 Å². The van der Waals surface area contributed by atoms with Crippen molar-refractivity contribution in [1.29, 1.82) is 0 Å². The van der Waals surface area contributed by atoms with Crippen LogP contribution in [0.5, 0.6) is 0 Å². The lowest BCUT2D eigenvalue weighted by atomic mass is 9.77. The van der Waals surface area contributed by atoms with Gasteiger partial charge in [-0.25, -0.2) is 0 Å². The average Bonchev–Trinajstić information content (AvgIpc) is 2.63. The van der Waals surface area contributed by atoms with Crippen LogP contribution in [0.1, 0.15) is 33.1 Å². The molecule has 86 valence electrons. The zero-order chi connectivity index (χ0) is 10.8. The van der Waals surface area contributed by atoms with E-state index in [1.807, 2.05) is 0 Å². The van der Waals surface area contributed by atoms with Crippen molar-refractivity contribution < 1.29 is 4.74 Å². The lowest BCUT2D eigenvalue weighted by molar-refractivity contribution is 0.0363. The summed E-state index contributed by atoms with van der Waals surface area (Å²) in [7, 11) is 0. The van der Waals surface area contributed by atoms with Crippen molar-refractivity contribution in [2.45, 2.75) is 39.2 Å². The molecule has 0 aromatic carbocycles. The zero-order valence-electron chi connectivity index (χ0n) is 9.71. The molecule has 0 amide bonds. The first-order chi connectivity index (χ1) is 7.20. The van der Waals surface area contributed by atoms with Gasteiger partial charge in [0.1, 0.15) is 0 Å². The van der Waals surface area contributed by atoms with Crippen LogP contribution in [0.2, 0.25) is 0 Å². The largest absolute Gasteiger partial charge is 0.378 e. The van der Waals surface area contributed by atoms with Gasteiger partial charge in [0, 0.05) is 18.4 Å². The van der Waals surface area contributed by atoms with E-state index in [0.29, 0.717) is 23.9 Å². The molecule has 1 aliphatic heterocycles. The molecule has 1 nitrogen and oxygen atoms in total. The number of hydrogen-bond donors (Lipinski definition) is 0. The monoisotopic (exact) mass is 228 g/mol. The van der Waals surface area contributed by atoms with E-state index in [0.717, 1.165) is 18.9 Å². The first-order valence-electron chi connectivity index (χ1n) is 6.05. The van der Waals surface area contributed by atoms with Gasteiger partial charge in [-0.3, -0.25) is 0 Å². The third-order valence-corrected chi connectivity index (χ3v) is 4.15. The van der Waals surface area contributed by atoms with Crippen molar-refractivity contribution in [3.63, 3.8) is 0 Å². The third-order valence-electron chi connectivity index (χ3n) is 3.75. The van der Waals surface area contributed by atoms with E-state index in [-0.39, 0.29) is 0 Å². The number of alkyl halides is 1. The van der Waals surface area contributed by atoms with E-state index in [1.54, 1.807) is 0 Å². The standard InChI is InChI=1S/C13H21ClO/c1-9-5-10(2)7-12(6-9)13-11(8-14)3-4-15-13/h5,9,11-13H,3-4,6-8H2,1-2H3. The Morgan fingerprint density at radius 2 is 2.33 bits per heavy atom. The fourth-order valence-electron chi connectivity index (χ4n) is 3.19. The summed E-state index contributed by atoms with van der Waals surface area (Å²) >= 11 is 6.00.